The molecule has 0 unspecified atom stereocenters. The third kappa shape index (κ3) is 3.76. The molecule has 4 rings (SSSR count). The maximum absolute atomic E-state index is 12.4. The summed E-state index contributed by atoms with van der Waals surface area (Å²) in [5.74, 6) is -1.25. The van der Waals surface area contributed by atoms with Crippen LogP contribution in [0.1, 0.15) is 28.7 Å². The predicted octanol–water partition coefficient (Wildman–Crippen LogP) is 5.11. The Kier molecular flexibility index (Phi) is 5.36. The van der Waals surface area contributed by atoms with Crippen LogP contribution in [0.5, 0.6) is 0 Å². The van der Waals surface area contributed by atoms with Gasteiger partial charge in [-0.2, -0.15) is 0 Å². The van der Waals surface area contributed by atoms with Crippen LogP contribution in [0.15, 0.2) is 77.3 Å². The monoisotopic (exact) mass is 451 g/mol. The molecule has 0 fully saturated rings. The van der Waals surface area contributed by atoms with Crippen molar-refractivity contribution in [1.82, 2.24) is 5.32 Å². The van der Waals surface area contributed by atoms with Gasteiger partial charge in [0.1, 0.15) is 6.61 Å². The molecular weight excluding hydrogens is 434 g/mol. The van der Waals surface area contributed by atoms with Crippen molar-refractivity contribution in [3.8, 4) is 11.1 Å². The fraction of sp³-hybridized carbons (Fsp3) is 0.130. The standard InChI is InChI=1S/C23H18BrNO4/c24-20-12-6-5-11-18(20)21(22(26)27)25-23(28)29-13-19-16-9-3-1-7-14(16)15-8-2-4-10-17(15)19/h1-12,19,21H,13H2,(H,25,28)(H,26,27)/t21-/m0/s1. The molecule has 1 aliphatic carbocycles. The van der Waals surface area contributed by atoms with E-state index in [1.165, 1.54) is 0 Å². The minimum absolute atomic E-state index is 0.0834. The molecule has 146 valence electrons. The second kappa shape index (κ2) is 8.09. The van der Waals surface area contributed by atoms with Crippen molar-refractivity contribution in [2.24, 2.45) is 0 Å². The van der Waals surface area contributed by atoms with Gasteiger partial charge in [0.2, 0.25) is 0 Å². The molecule has 0 radical (unpaired) electrons. The van der Waals surface area contributed by atoms with Crippen LogP contribution in [0.2, 0.25) is 0 Å². The number of aliphatic carboxylic acids is 1. The summed E-state index contributed by atoms with van der Waals surface area (Å²) in [6.07, 6.45) is -0.769. The zero-order valence-electron chi connectivity index (χ0n) is 15.3. The average Bonchev–Trinajstić information content (AvgIpc) is 3.05. The van der Waals surface area contributed by atoms with Crippen molar-refractivity contribution >= 4 is 28.0 Å². The number of carbonyl (C=O) groups is 2. The van der Waals surface area contributed by atoms with E-state index in [2.05, 4.69) is 33.4 Å². The first-order valence-corrected chi connectivity index (χ1v) is 9.94. The maximum atomic E-state index is 12.4. The molecule has 29 heavy (non-hydrogen) atoms. The molecule has 5 nitrogen and oxygen atoms in total. The molecule has 0 aromatic heterocycles. The summed E-state index contributed by atoms with van der Waals surface area (Å²) in [6.45, 7) is 0.127. The van der Waals surface area contributed by atoms with E-state index in [0.29, 0.717) is 10.0 Å². The summed E-state index contributed by atoms with van der Waals surface area (Å²) in [7, 11) is 0. The van der Waals surface area contributed by atoms with Crippen molar-refractivity contribution in [1.29, 1.82) is 0 Å². The zero-order chi connectivity index (χ0) is 20.4. The Balaban J connectivity index is 1.50. The van der Waals surface area contributed by atoms with E-state index < -0.39 is 18.1 Å². The molecule has 3 aromatic carbocycles. The van der Waals surface area contributed by atoms with E-state index in [1.807, 2.05) is 36.4 Å². The lowest BCUT2D eigenvalue weighted by atomic mass is 9.98. The Labute approximate surface area is 176 Å². The first kappa shape index (κ1) is 19.2. The quantitative estimate of drug-likeness (QED) is 0.564. The van der Waals surface area contributed by atoms with E-state index in [4.69, 9.17) is 4.74 Å². The summed E-state index contributed by atoms with van der Waals surface area (Å²) in [6, 6.07) is 21.7. The molecule has 6 heteroatoms. The minimum Gasteiger partial charge on any atom is -0.479 e. The summed E-state index contributed by atoms with van der Waals surface area (Å²) >= 11 is 3.33. The summed E-state index contributed by atoms with van der Waals surface area (Å²) in [5, 5.41) is 12.0. The Hall–Kier alpha value is -3.12. The zero-order valence-corrected chi connectivity index (χ0v) is 16.9. The highest BCUT2D eigenvalue weighted by atomic mass is 79.9. The molecule has 0 bridgehead atoms. The minimum atomic E-state index is -1.21. The number of halogens is 1. The number of carbonyl (C=O) groups excluding carboxylic acids is 1. The molecule has 0 saturated carbocycles. The topological polar surface area (TPSA) is 75.6 Å². The number of hydrogen-bond donors (Lipinski definition) is 2. The fourth-order valence-corrected chi connectivity index (χ4v) is 4.25. The molecule has 1 atom stereocenters. The van der Waals surface area contributed by atoms with Gasteiger partial charge in [0, 0.05) is 10.4 Å². The molecule has 0 aliphatic heterocycles. The first-order chi connectivity index (χ1) is 14.1. The molecule has 0 saturated heterocycles. The molecule has 1 amide bonds. The number of nitrogens with one attached hydrogen (secondary N) is 1. The molecule has 1 aliphatic rings. The smallest absolute Gasteiger partial charge is 0.408 e. The van der Waals surface area contributed by atoms with Gasteiger partial charge in [-0.3, -0.25) is 0 Å². The Morgan fingerprint density at radius 2 is 1.48 bits per heavy atom. The number of carboxylic acid groups (broad SMARTS) is 1. The third-order valence-electron chi connectivity index (χ3n) is 5.07. The largest absolute Gasteiger partial charge is 0.479 e. The lowest BCUT2D eigenvalue weighted by Crippen LogP contribution is -2.35. The normalized spacial score (nSPS) is 13.3. The summed E-state index contributed by atoms with van der Waals surface area (Å²) in [4.78, 5) is 24.1. The Morgan fingerprint density at radius 3 is 2.07 bits per heavy atom. The fourth-order valence-electron chi connectivity index (χ4n) is 3.74. The van der Waals surface area contributed by atoms with E-state index in [0.717, 1.165) is 22.3 Å². The number of alkyl carbamates (subject to hydrolysis) is 1. The van der Waals surface area contributed by atoms with Gasteiger partial charge < -0.3 is 15.2 Å². The van der Waals surface area contributed by atoms with Crippen LogP contribution >= 0.6 is 15.9 Å². The van der Waals surface area contributed by atoms with Gasteiger partial charge in [-0.25, -0.2) is 9.59 Å². The second-order valence-electron chi connectivity index (χ2n) is 6.76. The van der Waals surface area contributed by atoms with Crippen molar-refractivity contribution in [3.05, 3.63) is 94.0 Å². The molecule has 0 heterocycles. The number of benzene rings is 3. The van der Waals surface area contributed by atoms with Gasteiger partial charge in [0.05, 0.1) is 0 Å². The van der Waals surface area contributed by atoms with Gasteiger partial charge in [-0.05, 0) is 33.9 Å². The highest BCUT2D eigenvalue weighted by molar-refractivity contribution is 9.10. The Morgan fingerprint density at radius 1 is 0.931 bits per heavy atom. The van der Waals surface area contributed by atoms with Gasteiger partial charge in [0.15, 0.2) is 6.04 Å². The highest BCUT2D eigenvalue weighted by Crippen LogP contribution is 2.44. The maximum Gasteiger partial charge on any atom is 0.408 e. The number of rotatable bonds is 5. The Bertz CT molecular complexity index is 1040. The van der Waals surface area contributed by atoms with E-state index in [9.17, 15) is 14.7 Å². The highest BCUT2D eigenvalue weighted by Gasteiger charge is 2.30. The molecule has 2 N–H and O–H groups in total. The van der Waals surface area contributed by atoms with Crippen LogP contribution in [-0.2, 0) is 9.53 Å². The number of carboxylic acids is 1. The van der Waals surface area contributed by atoms with Crippen molar-refractivity contribution in [2.75, 3.05) is 6.61 Å². The number of fused-ring (bicyclic) bond motifs is 3. The van der Waals surface area contributed by atoms with Gasteiger partial charge in [-0.1, -0.05) is 82.7 Å². The van der Waals surface area contributed by atoms with Crippen molar-refractivity contribution in [2.45, 2.75) is 12.0 Å². The lowest BCUT2D eigenvalue weighted by molar-refractivity contribution is -0.139. The van der Waals surface area contributed by atoms with Crippen molar-refractivity contribution in [3.63, 3.8) is 0 Å². The van der Waals surface area contributed by atoms with Crippen molar-refractivity contribution < 1.29 is 19.4 Å². The molecular formula is C23H18BrNO4. The van der Waals surface area contributed by atoms with Gasteiger partial charge in [-0.15, -0.1) is 0 Å². The van der Waals surface area contributed by atoms with Gasteiger partial charge in [0.25, 0.3) is 0 Å². The number of hydrogen-bond acceptors (Lipinski definition) is 3. The lowest BCUT2D eigenvalue weighted by Gasteiger charge is -2.18. The van der Waals surface area contributed by atoms with Crippen LogP contribution in [0.25, 0.3) is 11.1 Å². The van der Waals surface area contributed by atoms with Crippen LogP contribution in [0.4, 0.5) is 4.79 Å². The van der Waals surface area contributed by atoms with Crippen LogP contribution in [0.3, 0.4) is 0 Å². The van der Waals surface area contributed by atoms with Crippen LogP contribution < -0.4 is 5.32 Å². The first-order valence-electron chi connectivity index (χ1n) is 9.15. The third-order valence-corrected chi connectivity index (χ3v) is 5.79. The number of ether oxygens (including phenoxy) is 1. The summed E-state index contributed by atoms with van der Waals surface area (Å²) in [5.41, 5.74) is 4.92. The molecule has 0 spiro atoms. The van der Waals surface area contributed by atoms with E-state index in [-0.39, 0.29) is 12.5 Å². The second-order valence-corrected chi connectivity index (χ2v) is 7.62. The van der Waals surface area contributed by atoms with E-state index >= 15 is 0 Å². The summed E-state index contributed by atoms with van der Waals surface area (Å²) < 4.78 is 6.06. The predicted molar refractivity (Wildman–Crippen MR) is 113 cm³/mol. The number of amides is 1. The van der Waals surface area contributed by atoms with Crippen LogP contribution in [-0.4, -0.2) is 23.8 Å². The van der Waals surface area contributed by atoms with Gasteiger partial charge >= 0.3 is 12.1 Å². The van der Waals surface area contributed by atoms with Crippen LogP contribution in [0, 0.1) is 0 Å². The molecule has 3 aromatic rings. The van der Waals surface area contributed by atoms with E-state index in [1.54, 1.807) is 24.3 Å². The SMILES string of the molecule is O=C(N[C@H](C(=O)O)c1ccccc1Br)OCC1c2ccccc2-c2ccccc21. The average molecular weight is 452 g/mol.